The summed E-state index contributed by atoms with van der Waals surface area (Å²) < 4.78 is 1.76. The molecule has 2 aromatic rings. The highest BCUT2D eigenvalue weighted by atomic mass is 32.1. The first-order valence-electron chi connectivity index (χ1n) is 6.70. The van der Waals surface area contributed by atoms with Crippen molar-refractivity contribution in [3.8, 4) is 0 Å². The van der Waals surface area contributed by atoms with Crippen LogP contribution in [0, 0.1) is 5.92 Å². The highest BCUT2D eigenvalue weighted by molar-refractivity contribution is 7.18. The zero-order valence-corrected chi connectivity index (χ0v) is 11.7. The lowest BCUT2D eigenvalue weighted by molar-refractivity contribution is 0.509. The lowest BCUT2D eigenvalue weighted by Crippen LogP contribution is -2.21. The molecule has 0 saturated carbocycles. The van der Waals surface area contributed by atoms with E-state index in [1.807, 2.05) is 0 Å². The van der Waals surface area contributed by atoms with Gasteiger partial charge in [-0.25, -0.2) is 4.98 Å². The van der Waals surface area contributed by atoms with Gasteiger partial charge in [0.05, 0.1) is 11.7 Å². The molecule has 4 heteroatoms. The lowest BCUT2D eigenvalue weighted by atomic mass is 9.89. The number of thiophene rings is 1. The summed E-state index contributed by atoms with van der Waals surface area (Å²) in [6, 6.07) is 0. The number of hydrogen-bond acceptors (Lipinski definition) is 3. The Hall–Kier alpha value is -1.16. The van der Waals surface area contributed by atoms with Crippen LogP contribution in [-0.4, -0.2) is 9.55 Å². The lowest BCUT2D eigenvalue weighted by Gasteiger charge is -2.17. The summed E-state index contributed by atoms with van der Waals surface area (Å²) in [5.41, 5.74) is 1.45. The Bertz CT molecular complexity index is 641. The molecule has 1 unspecified atom stereocenters. The third-order valence-corrected chi connectivity index (χ3v) is 4.91. The maximum absolute atomic E-state index is 12.5. The van der Waals surface area contributed by atoms with Crippen molar-refractivity contribution in [2.75, 3.05) is 0 Å². The fourth-order valence-electron chi connectivity index (χ4n) is 2.77. The highest BCUT2D eigenvalue weighted by Gasteiger charge is 2.22. The first kappa shape index (κ1) is 11.9. The summed E-state index contributed by atoms with van der Waals surface area (Å²) >= 11 is 1.72. The van der Waals surface area contributed by atoms with Crippen molar-refractivity contribution in [3.63, 3.8) is 0 Å². The predicted molar refractivity (Wildman–Crippen MR) is 75.4 cm³/mol. The Kier molecular flexibility index (Phi) is 2.98. The normalized spacial score (nSPS) is 19.1. The summed E-state index contributed by atoms with van der Waals surface area (Å²) in [4.78, 5) is 19.3. The van der Waals surface area contributed by atoms with Crippen molar-refractivity contribution in [1.82, 2.24) is 9.55 Å². The number of aryl methyl sites for hydroxylation is 2. The number of rotatable bonds is 2. The van der Waals surface area contributed by atoms with Gasteiger partial charge in [-0.2, -0.15) is 0 Å². The SMILES string of the molecule is CCCn1cnc2sc3c(c2c1=O)CCC(C)C3. The van der Waals surface area contributed by atoms with E-state index in [2.05, 4.69) is 18.8 Å². The summed E-state index contributed by atoms with van der Waals surface area (Å²) in [6.45, 7) is 5.14. The van der Waals surface area contributed by atoms with Crippen LogP contribution in [0.1, 0.15) is 37.1 Å². The van der Waals surface area contributed by atoms with Crippen LogP contribution < -0.4 is 5.56 Å². The molecule has 0 aromatic carbocycles. The van der Waals surface area contributed by atoms with E-state index in [4.69, 9.17) is 0 Å². The first-order chi connectivity index (χ1) is 8.70. The van der Waals surface area contributed by atoms with E-state index in [-0.39, 0.29) is 5.56 Å². The zero-order chi connectivity index (χ0) is 12.7. The second-order valence-electron chi connectivity index (χ2n) is 5.28. The average Bonchev–Trinajstić information content (AvgIpc) is 2.71. The quantitative estimate of drug-likeness (QED) is 0.834. The molecule has 0 radical (unpaired) electrons. The standard InChI is InChI=1S/C14H18N2OS/c1-3-6-16-8-15-13-12(14(16)17)10-5-4-9(2)7-11(10)18-13/h8-9H,3-7H2,1-2H3. The average molecular weight is 262 g/mol. The van der Waals surface area contributed by atoms with Crippen molar-refractivity contribution in [2.45, 2.75) is 46.1 Å². The molecule has 0 saturated heterocycles. The van der Waals surface area contributed by atoms with Crippen LogP contribution in [0.15, 0.2) is 11.1 Å². The van der Waals surface area contributed by atoms with Crippen LogP contribution in [-0.2, 0) is 19.4 Å². The smallest absolute Gasteiger partial charge is 0.262 e. The maximum atomic E-state index is 12.5. The Morgan fingerprint density at radius 1 is 1.56 bits per heavy atom. The van der Waals surface area contributed by atoms with Crippen LogP contribution in [0.4, 0.5) is 0 Å². The number of hydrogen-bond donors (Lipinski definition) is 0. The fourth-order valence-corrected chi connectivity index (χ4v) is 4.11. The Balaban J connectivity index is 2.22. The van der Waals surface area contributed by atoms with E-state index in [0.717, 1.165) is 41.9 Å². The van der Waals surface area contributed by atoms with Crippen molar-refractivity contribution in [1.29, 1.82) is 0 Å². The molecular formula is C14H18N2OS. The van der Waals surface area contributed by atoms with Crippen molar-refractivity contribution < 1.29 is 0 Å². The molecule has 3 rings (SSSR count). The van der Waals surface area contributed by atoms with Gasteiger partial charge in [-0.1, -0.05) is 13.8 Å². The third-order valence-electron chi connectivity index (χ3n) is 3.75. The predicted octanol–water partition coefficient (Wildman–Crippen LogP) is 2.99. The number of nitrogens with zero attached hydrogens (tertiary/aromatic N) is 2. The Morgan fingerprint density at radius 3 is 3.17 bits per heavy atom. The van der Waals surface area contributed by atoms with Gasteiger partial charge in [0.2, 0.25) is 0 Å². The molecule has 0 spiro atoms. The molecular weight excluding hydrogens is 244 g/mol. The van der Waals surface area contributed by atoms with Crippen molar-refractivity contribution >= 4 is 21.6 Å². The minimum Gasteiger partial charge on any atom is -0.299 e. The van der Waals surface area contributed by atoms with Gasteiger partial charge in [0.25, 0.3) is 5.56 Å². The third kappa shape index (κ3) is 1.79. The van der Waals surface area contributed by atoms with Gasteiger partial charge in [-0.05, 0) is 37.2 Å². The van der Waals surface area contributed by atoms with E-state index in [0.29, 0.717) is 0 Å². The van der Waals surface area contributed by atoms with E-state index in [1.165, 1.54) is 16.9 Å². The van der Waals surface area contributed by atoms with Crippen molar-refractivity contribution in [3.05, 3.63) is 27.1 Å². The molecule has 3 nitrogen and oxygen atoms in total. The summed E-state index contributed by atoms with van der Waals surface area (Å²) in [5.74, 6) is 0.739. The summed E-state index contributed by atoms with van der Waals surface area (Å²) in [5, 5.41) is 0.901. The van der Waals surface area contributed by atoms with Crippen LogP contribution in [0.25, 0.3) is 10.2 Å². The minimum absolute atomic E-state index is 0.161. The number of aromatic nitrogens is 2. The maximum Gasteiger partial charge on any atom is 0.262 e. The summed E-state index contributed by atoms with van der Waals surface area (Å²) in [7, 11) is 0. The first-order valence-corrected chi connectivity index (χ1v) is 7.52. The molecule has 18 heavy (non-hydrogen) atoms. The van der Waals surface area contributed by atoms with Gasteiger partial charge in [0.1, 0.15) is 4.83 Å². The van der Waals surface area contributed by atoms with Crippen LogP contribution in [0.2, 0.25) is 0 Å². The minimum atomic E-state index is 0.161. The molecule has 0 bridgehead atoms. The second kappa shape index (κ2) is 4.50. The van der Waals surface area contributed by atoms with Crippen LogP contribution in [0.5, 0.6) is 0 Å². The second-order valence-corrected chi connectivity index (χ2v) is 6.36. The molecule has 1 atom stereocenters. The Morgan fingerprint density at radius 2 is 2.39 bits per heavy atom. The molecule has 1 aliphatic rings. The Labute approximate surface area is 110 Å². The largest absolute Gasteiger partial charge is 0.299 e. The van der Waals surface area contributed by atoms with Gasteiger partial charge >= 0.3 is 0 Å². The molecule has 2 aromatic heterocycles. The monoisotopic (exact) mass is 262 g/mol. The van der Waals surface area contributed by atoms with Gasteiger partial charge < -0.3 is 0 Å². The molecule has 0 amide bonds. The topological polar surface area (TPSA) is 34.9 Å². The summed E-state index contributed by atoms with van der Waals surface area (Å²) in [6.07, 6.45) is 6.03. The van der Waals surface area contributed by atoms with Gasteiger partial charge in [0.15, 0.2) is 0 Å². The zero-order valence-electron chi connectivity index (χ0n) is 10.9. The molecule has 2 heterocycles. The molecule has 1 aliphatic carbocycles. The van der Waals surface area contributed by atoms with Gasteiger partial charge in [-0.15, -0.1) is 11.3 Å². The van der Waals surface area contributed by atoms with Crippen LogP contribution in [0.3, 0.4) is 0 Å². The van der Waals surface area contributed by atoms with Crippen molar-refractivity contribution in [2.24, 2.45) is 5.92 Å². The molecule has 0 fully saturated rings. The van der Waals surface area contributed by atoms with Gasteiger partial charge in [0, 0.05) is 11.4 Å². The van der Waals surface area contributed by atoms with Crippen LogP contribution >= 0.6 is 11.3 Å². The van der Waals surface area contributed by atoms with E-state index >= 15 is 0 Å². The van der Waals surface area contributed by atoms with Gasteiger partial charge in [-0.3, -0.25) is 9.36 Å². The molecule has 96 valence electrons. The fraction of sp³-hybridized carbons (Fsp3) is 0.571. The van der Waals surface area contributed by atoms with E-state index < -0.39 is 0 Å². The van der Waals surface area contributed by atoms with E-state index in [1.54, 1.807) is 22.2 Å². The molecule has 0 aliphatic heterocycles. The molecule has 0 N–H and O–H groups in total. The highest BCUT2D eigenvalue weighted by Crippen LogP contribution is 2.35. The van der Waals surface area contributed by atoms with E-state index in [9.17, 15) is 4.79 Å². The number of fused-ring (bicyclic) bond motifs is 3.